The molecule has 0 radical (unpaired) electrons. The van der Waals surface area contributed by atoms with Gasteiger partial charge in [-0.15, -0.1) is 30.6 Å². The molecule has 0 fully saturated rings. The standard InChI is InChI=1S/C15H24N4O2S.HI/c1-4-5-6-11-19(3)15(17-2)18-12-13-7-9-14(10-8-13)22(16,20)21;/h4,7-10H,1,5-6,11-12H2,2-3H3,(H,17,18)(H2,16,20,21);1H. The van der Waals surface area contributed by atoms with Gasteiger partial charge < -0.3 is 10.2 Å². The predicted molar refractivity (Wildman–Crippen MR) is 105 cm³/mol. The fraction of sp³-hybridized carbons (Fsp3) is 0.400. The van der Waals surface area contributed by atoms with E-state index in [2.05, 4.69) is 16.9 Å². The van der Waals surface area contributed by atoms with Gasteiger partial charge in [-0.3, -0.25) is 4.99 Å². The third-order valence-corrected chi connectivity index (χ3v) is 4.11. The highest BCUT2D eigenvalue weighted by atomic mass is 127. The smallest absolute Gasteiger partial charge is 0.238 e. The fourth-order valence-electron chi connectivity index (χ4n) is 1.94. The number of hydrogen-bond donors (Lipinski definition) is 2. The van der Waals surface area contributed by atoms with Crippen molar-refractivity contribution in [3.05, 3.63) is 42.5 Å². The SMILES string of the molecule is C=CCCCN(C)C(=NC)NCc1ccc(S(N)(=O)=O)cc1.I. The molecule has 0 aliphatic rings. The first kappa shape index (κ1) is 21.9. The summed E-state index contributed by atoms with van der Waals surface area (Å²) in [6, 6.07) is 6.47. The topological polar surface area (TPSA) is 87.8 Å². The van der Waals surface area contributed by atoms with Gasteiger partial charge in [0.15, 0.2) is 5.96 Å². The lowest BCUT2D eigenvalue weighted by Crippen LogP contribution is -2.38. The monoisotopic (exact) mass is 452 g/mol. The van der Waals surface area contributed by atoms with E-state index in [0.29, 0.717) is 6.54 Å². The Balaban J connectivity index is 0.00000484. The molecule has 130 valence electrons. The molecule has 6 nitrogen and oxygen atoms in total. The van der Waals surface area contributed by atoms with Gasteiger partial charge in [-0.25, -0.2) is 13.6 Å². The summed E-state index contributed by atoms with van der Waals surface area (Å²) >= 11 is 0. The van der Waals surface area contributed by atoms with Crippen molar-refractivity contribution in [3.63, 3.8) is 0 Å². The predicted octanol–water partition coefficient (Wildman–Crippen LogP) is 1.93. The van der Waals surface area contributed by atoms with Gasteiger partial charge >= 0.3 is 0 Å². The first-order valence-corrected chi connectivity index (χ1v) is 8.57. The summed E-state index contributed by atoms with van der Waals surface area (Å²) in [5.41, 5.74) is 0.952. The Labute approximate surface area is 155 Å². The molecule has 3 N–H and O–H groups in total. The Morgan fingerprint density at radius 3 is 2.48 bits per heavy atom. The normalized spacial score (nSPS) is 11.5. The third-order valence-electron chi connectivity index (χ3n) is 3.18. The van der Waals surface area contributed by atoms with Crippen LogP contribution in [-0.2, 0) is 16.6 Å². The number of nitrogens with one attached hydrogen (secondary N) is 1. The van der Waals surface area contributed by atoms with Crippen LogP contribution in [0.15, 0.2) is 46.8 Å². The number of hydrogen-bond acceptors (Lipinski definition) is 3. The number of rotatable bonds is 7. The van der Waals surface area contributed by atoms with Gasteiger partial charge in [0.05, 0.1) is 4.90 Å². The number of sulfonamides is 1. The second kappa shape index (κ2) is 10.6. The van der Waals surface area contributed by atoms with Gasteiger partial charge in [-0.05, 0) is 30.5 Å². The molecule has 23 heavy (non-hydrogen) atoms. The van der Waals surface area contributed by atoms with E-state index in [-0.39, 0.29) is 28.9 Å². The Morgan fingerprint density at radius 2 is 2.00 bits per heavy atom. The van der Waals surface area contributed by atoms with Gasteiger partial charge in [-0.2, -0.15) is 0 Å². The third kappa shape index (κ3) is 7.80. The van der Waals surface area contributed by atoms with Crippen molar-refractivity contribution in [2.75, 3.05) is 20.6 Å². The van der Waals surface area contributed by atoms with E-state index >= 15 is 0 Å². The van der Waals surface area contributed by atoms with Crippen LogP contribution in [0, 0.1) is 0 Å². The van der Waals surface area contributed by atoms with Crippen LogP contribution >= 0.6 is 24.0 Å². The Kier molecular flexibility index (Phi) is 10.1. The zero-order valence-electron chi connectivity index (χ0n) is 13.5. The molecular weight excluding hydrogens is 427 g/mol. The molecule has 1 rings (SSSR count). The number of nitrogens with two attached hydrogens (primary N) is 1. The molecule has 0 aliphatic carbocycles. The largest absolute Gasteiger partial charge is 0.352 e. The highest BCUT2D eigenvalue weighted by Crippen LogP contribution is 2.08. The number of aliphatic imine (C=N–C) groups is 1. The number of allylic oxidation sites excluding steroid dienone is 1. The van der Waals surface area contributed by atoms with Crippen LogP contribution in [0.4, 0.5) is 0 Å². The maximum atomic E-state index is 11.2. The number of benzene rings is 1. The van der Waals surface area contributed by atoms with Crippen LogP contribution in [0.25, 0.3) is 0 Å². The molecule has 0 saturated heterocycles. The second-order valence-corrected chi connectivity index (χ2v) is 6.50. The molecule has 0 aromatic heterocycles. The molecule has 0 saturated carbocycles. The summed E-state index contributed by atoms with van der Waals surface area (Å²) in [6.45, 7) is 5.15. The van der Waals surface area contributed by atoms with E-state index in [1.807, 2.05) is 18.0 Å². The molecular formula is C15H25IN4O2S. The lowest BCUT2D eigenvalue weighted by Gasteiger charge is -2.21. The number of guanidine groups is 1. The van der Waals surface area contributed by atoms with E-state index in [1.165, 1.54) is 12.1 Å². The average Bonchev–Trinajstić information content (AvgIpc) is 2.47. The number of nitrogens with zero attached hydrogens (tertiary/aromatic N) is 2. The zero-order valence-corrected chi connectivity index (χ0v) is 16.7. The lowest BCUT2D eigenvalue weighted by atomic mass is 10.2. The second-order valence-electron chi connectivity index (χ2n) is 4.94. The summed E-state index contributed by atoms with van der Waals surface area (Å²) in [4.78, 5) is 6.39. The summed E-state index contributed by atoms with van der Waals surface area (Å²) in [5, 5.41) is 8.31. The van der Waals surface area contributed by atoms with Gasteiger partial charge in [0.1, 0.15) is 0 Å². The van der Waals surface area contributed by atoms with Crippen molar-refractivity contribution in [1.29, 1.82) is 0 Å². The van der Waals surface area contributed by atoms with Crippen molar-refractivity contribution in [2.45, 2.75) is 24.3 Å². The summed E-state index contributed by atoms with van der Waals surface area (Å²) in [5.74, 6) is 0.791. The van der Waals surface area contributed by atoms with E-state index in [4.69, 9.17) is 5.14 Å². The van der Waals surface area contributed by atoms with Gasteiger partial charge in [0.2, 0.25) is 10.0 Å². The molecule has 0 spiro atoms. The van der Waals surface area contributed by atoms with Crippen LogP contribution < -0.4 is 10.5 Å². The molecule has 8 heteroatoms. The van der Waals surface area contributed by atoms with Crippen molar-refractivity contribution in [2.24, 2.45) is 10.1 Å². The Bertz CT molecular complexity index is 615. The Morgan fingerprint density at radius 1 is 1.39 bits per heavy atom. The van der Waals surface area contributed by atoms with Gasteiger partial charge in [-0.1, -0.05) is 18.2 Å². The minimum absolute atomic E-state index is 0. The first-order chi connectivity index (χ1) is 10.4. The quantitative estimate of drug-likeness (QED) is 0.218. The molecule has 0 heterocycles. The highest BCUT2D eigenvalue weighted by Gasteiger charge is 2.08. The van der Waals surface area contributed by atoms with E-state index < -0.39 is 10.0 Å². The van der Waals surface area contributed by atoms with Crippen molar-refractivity contribution in [3.8, 4) is 0 Å². The molecule has 1 aromatic carbocycles. The van der Waals surface area contributed by atoms with Crippen LogP contribution in [0.5, 0.6) is 0 Å². The molecule has 0 atom stereocenters. The van der Waals surface area contributed by atoms with E-state index in [9.17, 15) is 8.42 Å². The summed E-state index contributed by atoms with van der Waals surface area (Å²) in [7, 11) is 0.0651. The van der Waals surface area contributed by atoms with E-state index in [0.717, 1.165) is 30.9 Å². The van der Waals surface area contributed by atoms with Gasteiger partial charge in [0.25, 0.3) is 0 Å². The molecule has 0 amide bonds. The van der Waals surface area contributed by atoms with Crippen LogP contribution in [0.2, 0.25) is 0 Å². The zero-order chi connectivity index (χ0) is 16.6. The fourth-order valence-corrected chi connectivity index (χ4v) is 2.46. The molecule has 0 aliphatic heterocycles. The number of unbranched alkanes of at least 4 members (excludes halogenated alkanes) is 1. The minimum atomic E-state index is -3.64. The maximum Gasteiger partial charge on any atom is 0.238 e. The van der Waals surface area contributed by atoms with Gasteiger partial charge in [0, 0.05) is 27.2 Å². The number of primary sulfonamides is 1. The highest BCUT2D eigenvalue weighted by molar-refractivity contribution is 14.0. The average molecular weight is 452 g/mol. The van der Waals surface area contributed by atoms with Crippen LogP contribution in [0.3, 0.4) is 0 Å². The molecule has 0 bridgehead atoms. The first-order valence-electron chi connectivity index (χ1n) is 7.03. The van der Waals surface area contributed by atoms with Crippen LogP contribution in [0.1, 0.15) is 18.4 Å². The van der Waals surface area contributed by atoms with Crippen molar-refractivity contribution >= 4 is 40.0 Å². The van der Waals surface area contributed by atoms with Crippen LogP contribution in [-0.4, -0.2) is 39.9 Å². The summed E-state index contributed by atoms with van der Waals surface area (Å²) in [6.07, 6.45) is 3.89. The molecule has 1 aromatic rings. The van der Waals surface area contributed by atoms with E-state index in [1.54, 1.807) is 19.2 Å². The van der Waals surface area contributed by atoms with Crippen molar-refractivity contribution in [1.82, 2.24) is 10.2 Å². The lowest BCUT2D eigenvalue weighted by molar-refractivity contribution is 0.470. The molecule has 0 unspecified atom stereocenters. The van der Waals surface area contributed by atoms with Crippen molar-refractivity contribution < 1.29 is 8.42 Å². The maximum absolute atomic E-state index is 11.2. The minimum Gasteiger partial charge on any atom is -0.352 e. The number of halogens is 1. The summed E-state index contributed by atoms with van der Waals surface area (Å²) < 4.78 is 22.4. The Hall–Kier alpha value is -1.13.